The van der Waals surface area contributed by atoms with Gasteiger partial charge in [-0.15, -0.1) is 5.73 Å². The van der Waals surface area contributed by atoms with E-state index in [1.807, 2.05) is 0 Å². The summed E-state index contributed by atoms with van der Waals surface area (Å²) in [4.78, 5) is 0. The molecule has 0 aliphatic carbocycles. The summed E-state index contributed by atoms with van der Waals surface area (Å²) in [5.41, 5.74) is 7.50. The topological polar surface area (TPSA) is 22.3 Å². The Hall–Kier alpha value is -0.110. The standard InChI is InChI=1S/C2H4FN/c3-1-2-4/h1-2H2. The third kappa shape index (κ3) is 1.89. The fourth-order valence-corrected chi connectivity index (χ4v) is 0. The maximum atomic E-state index is 10.5. The molecule has 2 heteroatoms. The highest BCUT2D eigenvalue weighted by Crippen LogP contribution is 1.52. The van der Waals surface area contributed by atoms with E-state index in [0.717, 1.165) is 0 Å². The van der Waals surface area contributed by atoms with Crippen molar-refractivity contribution < 1.29 is 4.39 Å². The predicted molar refractivity (Wildman–Crippen MR) is 13.0 cm³/mol. The van der Waals surface area contributed by atoms with Gasteiger partial charge in [0.05, 0.1) is 6.54 Å². The molecule has 0 aliphatic heterocycles. The molecule has 0 N–H and O–H groups in total. The van der Waals surface area contributed by atoms with Crippen molar-refractivity contribution in [3.8, 4) is 0 Å². The first-order valence-corrected chi connectivity index (χ1v) is 1.08. The molecule has 1 nitrogen and oxygen atoms in total. The first-order chi connectivity index (χ1) is 1.91. The Kier molecular flexibility index (Phi) is 2.81. The van der Waals surface area contributed by atoms with Crippen LogP contribution >= 0.6 is 0 Å². The van der Waals surface area contributed by atoms with E-state index in [0.29, 0.717) is 0 Å². The molecule has 0 fully saturated rings. The summed E-state index contributed by atoms with van der Waals surface area (Å²) >= 11 is 0. The van der Waals surface area contributed by atoms with Crippen molar-refractivity contribution in [1.82, 2.24) is 5.73 Å². The molecule has 0 saturated heterocycles. The van der Waals surface area contributed by atoms with E-state index < -0.39 is 6.67 Å². The second kappa shape index (κ2) is 2.89. The molecule has 0 aromatic rings. The summed E-state index contributed by atoms with van der Waals surface area (Å²) in [6, 6.07) is 0. The van der Waals surface area contributed by atoms with Crippen LogP contribution in [0.2, 0.25) is 0 Å². The minimum atomic E-state index is -0.625. The smallest absolute Gasteiger partial charge is 0.105 e. The van der Waals surface area contributed by atoms with Crippen molar-refractivity contribution in [3.63, 3.8) is 0 Å². The molecular weight excluding hydrogens is 57.0 g/mol. The Morgan fingerprint density at radius 2 is 2.00 bits per heavy atom. The third-order valence-corrected chi connectivity index (χ3v) is 0.0845. The van der Waals surface area contributed by atoms with Crippen LogP contribution in [0.4, 0.5) is 4.39 Å². The number of halogens is 1. The Balaban J connectivity index is 1.97. The summed E-state index contributed by atoms with van der Waals surface area (Å²) < 4.78 is 10.5. The van der Waals surface area contributed by atoms with Crippen LogP contribution in [0.5, 0.6) is 0 Å². The molecule has 0 spiro atoms. The lowest BCUT2D eigenvalue weighted by Crippen LogP contribution is -1.81. The Bertz CT molecular complexity index is 8.00. The summed E-state index contributed by atoms with van der Waals surface area (Å²) in [5, 5.41) is 0. The molecule has 24 valence electrons. The second-order valence-corrected chi connectivity index (χ2v) is 0.413. The van der Waals surface area contributed by atoms with Crippen LogP contribution in [-0.4, -0.2) is 13.2 Å². The van der Waals surface area contributed by atoms with Crippen LogP contribution < -0.4 is 5.73 Å². The second-order valence-electron chi connectivity index (χ2n) is 0.413. The number of alkyl halides is 1. The van der Waals surface area contributed by atoms with Crippen molar-refractivity contribution in [2.75, 3.05) is 13.2 Å². The number of hydrogen-bond donors (Lipinski definition) is 0. The maximum Gasteiger partial charge on any atom is 0.105 e. The van der Waals surface area contributed by atoms with Crippen LogP contribution in [0.3, 0.4) is 0 Å². The quantitative estimate of drug-likeness (QED) is 0.408. The Morgan fingerprint density at radius 1 is 1.75 bits per heavy atom. The molecule has 0 aliphatic rings. The van der Waals surface area contributed by atoms with E-state index >= 15 is 0 Å². The Morgan fingerprint density at radius 3 is 2.00 bits per heavy atom. The average molecular weight is 61.1 g/mol. The normalized spacial score (nSPS) is 7.50. The minimum Gasteiger partial charge on any atom is -0.250 e. The number of nitrogens with zero attached hydrogens (tertiary/aromatic N) is 1. The molecule has 2 radical (unpaired) electrons. The van der Waals surface area contributed by atoms with E-state index in [9.17, 15) is 4.39 Å². The lowest BCUT2D eigenvalue weighted by molar-refractivity contribution is 0.500. The lowest BCUT2D eigenvalue weighted by Gasteiger charge is -1.62. The monoisotopic (exact) mass is 61.0 g/mol. The van der Waals surface area contributed by atoms with Crippen molar-refractivity contribution in [1.29, 1.82) is 0 Å². The summed E-state index contributed by atoms with van der Waals surface area (Å²) in [7, 11) is 0. The van der Waals surface area contributed by atoms with Gasteiger partial charge in [0.15, 0.2) is 0 Å². The zero-order valence-electron chi connectivity index (χ0n) is 2.24. The zero-order chi connectivity index (χ0) is 3.41. The average Bonchev–Trinajstić information content (AvgIpc) is 1.37. The number of rotatable bonds is 1. The molecule has 4 heavy (non-hydrogen) atoms. The lowest BCUT2D eigenvalue weighted by atomic mass is 10.8. The summed E-state index contributed by atoms with van der Waals surface area (Å²) in [6.07, 6.45) is 0. The van der Waals surface area contributed by atoms with Crippen molar-refractivity contribution in [3.05, 3.63) is 0 Å². The first-order valence-electron chi connectivity index (χ1n) is 1.08. The molecule has 0 atom stereocenters. The van der Waals surface area contributed by atoms with Crippen molar-refractivity contribution >= 4 is 0 Å². The molecule has 0 aromatic carbocycles. The van der Waals surface area contributed by atoms with Crippen molar-refractivity contribution in [2.45, 2.75) is 0 Å². The van der Waals surface area contributed by atoms with E-state index in [2.05, 4.69) is 0 Å². The van der Waals surface area contributed by atoms with Crippen LogP contribution in [0.1, 0.15) is 0 Å². The molecule has 0 rings (SSSR count). The van der Waals surface area contributed by atoms with Crippen LogP contribution in [-0.2, 0) is 0 Å². The summed E-state index contributed by atoms with van der Waals surface area (Å²) in [5.74, 6) is 0. The molecular formula is C2H4FN. The first kappa shape index (κ1) is 3.89. The van der Waals surface area contributed by atoms with Gasteiger partial charge >= 0.3 is 0 Å². The number of hydrogen-bond acceptors (Lipinski definition) is 0. The highest BCUT2D eigenvalue weighted by molar-refractivity contribution is 4.17. The van der Waals surface area contributed by atoms with E-state index in [1.165, 1.54) is 0 Å². The third-order valence-electron chi connectivity index (χ3n) is 0.0845. The van der Waals surface area contributed by atoms with Gasteiger partial charge in [0, 0.05) is 0 Å². The molecule has 0 saturated carbocycles. The van der Waals surface area contributed by atoms with Crippen LogP contribution in [0, 0.1) is 0 Å². The minimum absolute atomic E-state index is 0.347. The fourth-order valence-electron chi connectivity index (χ4n) is 0. The molecule has 0 bridgehead atoms. The van der Waals surface area contributed by atoms with Gasteiger partial charge in [-0.2, -0.15) is 0 Å². The van der Waals surface area contributed by atoms with Gasteiger partial charge in [-0.1, -0.05) is 0 Å². The Labute approximate surface area is 24.6 Å². The van der Waals surface area contributed by atoms with Gasteiger partial charge in [0.1, 0.15) is 6.67 Å². The van der Waals surface area contributed by atoms with Crippen molar-refractivity contribution in [2.24, 2.45) is 0 Å². The summed E-state index contributed by atoms with van der Waals surface area (Å²) in [6.45, 7) is -0.972. The van der Waals surface area contributed by atoms with Gasteiger partial charge in [0.25, 0.3) is 0 Å². The van der Waals surface area contributed by atoms with Crippen LogP contribution in [0.15, 0.2) is 0 Å². The highest BCUT2D eigenvalue weighted by atomic mass is 19.1. The van der Waals surface area contributed by atoms with Gasteiger partial charge in [-0.05, 0) is 0 Å². The van der Waals surface area contributed by atoms with E-state index in [-0.39, 0.29) is 6.54 Å². The SMILES string of the molecule is [N]CCF. The largest absolute Gasteiger partial charge is 0.250 e. The molecule has 0 heterocycles. The van der Waals surface area contributed by atoms with Gasteiger partial charge in [-0.25, -0.2) is 4.39 Å². The molecule has 0 aromatic heterocycles. The van der Waals surface area contributed by atoms with Crippen LogP contribution in [0.25, 0.3) is 0 Å². The van der Waals surface area contributed by atoms with Gasteiger partial charge < -0.3 is 0 Å². The highest BCUT2D eigenvalue weighted by Gasteiger charge is 1.63. The van der Waals surface area contributed by atoms with Gasteiger partial charge in [0.2, 0.25) is 0 Å². The van der Waals surface area contributed by atoms with Gasteiger partial charge in [-0.3, -0.25) is 0 Å². The zero-order valence-corrected chi connectivity index (χ0v) is 2.24. The maximum absolute atomic E-state index is 10.5. The fraction of sp³-hybridized carbons (Fsp3) is 1.00. The molecule has 0 unspecified atom stereocenters. The predicted octanol–water partition coefficient (Wildman–Crippen LogP) is 0.0246. The van der Waals surface area contributed by atoms with E-state index in [1.54, 1.807) is 0 Å². The van der Waals surface area contributed by atoms with E-state index in [4.69, 9.17) is 5.73 Å². The molecule has 0 amide bonds.